The Kier molecular flexibility index (Phi) is 4.84. The maximum atomic E-state index is 11.9. The van der Waals surface area contributed by atoms with Gasteiger partial charge in [-0.15, -0.1) is 0 Å². The van der Waals surface area contributed by atoms with Crippen molar-refractivity contribution >= 4 is 33.2 Å². The van der Waals surface area contributed by atoms with Gasteiger partial charge >= 0.3 is 0 Å². The van der Waals surface area contributed by atoms with Crippen LogP contribution in [0.15, 0.2) is 35.5 Å². The summed E-state index contributed by atoms with van der Waals surface area (Å²) in [6.07, 6.45) is 2.55. The topological polar surface area (TPSA) is 93.1 Å². The second-order valence-electron chi connectivity index (χ2n) is 4.71. The summed E-state index contributed by atoms with van der Waals surface area (Å²) in [5.41, 5.74) is 1.39. The van der Waals surface area contributed by atoms with Crippen LogP contribution >= 0.6 is 11.6 Å². The van der Waals surface area contributed by atoms with Crippen molar-refractivity contribution in [2.75, 3.05) is 11.9 Å². The van der Waals surface area contributed by atoms with E-state index in [-0.39, 0.29) is 4.90 Å². The van der Waals surface area contributed by atoms with Crippen molar-refractivity contribution in [2.45, 2.75) is 11.8 Å². The molecule has 1 heterocycles. The zero-order valence-electron chi connectivity index (χ0n) is 12.0. The number of carbonyl (C=O) groups is 1. The molecule has 0 aliphatic carbocycles. The fourth-order valence-electron chi connectivity index (χ4n) is 1.70. The molecule has 2 N–H and O–H groups in total. The molecule has 2 aromatic rings. The first-order valence-electron chi connectivity index (χ1n) is 6.32. The van der Waals surface area contributed by atoms with Gasteiger partial charge in [0.15, 0.2) is 0 Å². The van der Waals surface area contributed by atoms with Gasteiger partial charge in [-0.3, -0.25) is 9.48 Å². The normalized spacial score (nSPS) is 11.4. The van der Waals surface area contributed by atoms with E-state index < -0.39 is 22.5 Å². The van der Waals surface area contributed by atoms with Crippen molar-refractivity contribution in [3.63, 3.8) is 0 Å². The smallest absolute Gasteiger partial charge is 0.244 e. The molecule has 0 saturated heterocycles. The Balaban J connectivity index is 1.98. The highest BCUT2D eigenvalue weighted by Crippen LogP contribution is 2.22. The first-order chi connectivity index (χ1) is 10.3. The zero-order valence-corrected chi connectivity index (χ0v) is 13.6. The van der Waals surface area contributed by atoms with Gasteiger partial charge in [-0.2, -0.15) is 5.10 Å². The lowest BCUT2D eigenvalue weighted by atomic mass is 10.2. The van der Waals surface area contributed by atoms with Crippen LogP contribution in [0.2, 0.25) is 5.02 Å². The summed E-state index contributed by atoms with van der Waals surface area (Å²) < 4.78 is 27.5. The molecule has 1 aromatic heterocycles. The molecule has 0 unspecified atom stereocenters. The average molecular weight is 343 g/mol. The van der Waals surface area contributed by atoms with E-state index in [2.05, 4.69) is 15.1 Å². The highest BCUT2D eigenvalue weighted by atomic mass is 35.5. The molecule has 0 radical (unpaired) electrons. The number of aryl methyl sites for hydroxylation is 2. The average Bonchev–Trinajstić information content (AvgIpc) is 2.87. The first kappa shape index (κ1) is 16.5. The minimum atomic E-state index is -3.77. The van der Waals surface area contributed by atoms with Crippen LogP contribution < -0.4 is 10.0 Å². The summed E-state index contributed by atoms with van der Waals surface area (Å²) in [4.78, 5) is 11.8. The molecule has 0 aliphatic rings. The van der Waals surface area contributed by atoms with Gasteiger partial charge in [0, 0.05) is 13.2 Å². The molecule has 7 nitrogen and oxygen atoms in total. The van der Waals surface area contributed by atoms with Crippen LogP contribution in [-0.2, 0) is 21.9 Å². The number of nitrogens with zero attached hydrogens (tertiary/aromatic N) is 2. The van der Waals surface area contributed by atoms with E-state index in [4.69, 9.17) is 11.6 Å². The molecule has 0 atom stereocenters. The third-order valence-electron chi connectivity index (χ3n) is 2.81. The largest absolute Gasteiger partial charge is 0.324 e. The van der Waals surface area contributed by atoms with Crippen LogP contribution in [0.25, 0.3) is 0 Å². The molecule has 1 amide bonds. The van der Waals surface area contributed by atoms with Crippen molar-refractivity contribution in [3.05, 3.63) is 41.2 Å². The van der Waals surface area contributed by atoms with Crippen molar-refractivity contribution in [2.24, 2.45) is 7.05 Å². The summed E-state index contributed by atoms with van der Waals surface area (Å²) in [6.45, 7) is 1.47. The van der Waals surface area contributed by atoms with E-state index >= 15 is 0 Å². The first-order valence-corrected chi connectivity index (χ1v) is 8.18. The van der Waals surface area contributed by atoms with E-state index in [0.29, 0.717) is 10.7 Å². The Hall–Kier alpha value is -1.90. The number of anilines is 1. The number of hydrogen-bond donors (Lipinski definition) is 2. The van der Waals surface area contributed by atoms with Crippen LogP contribution in [-0.4, -0.2) is 30.7 Å². The Labute approximate surface area is 133 Å². The number of hydrogen-bond acceptors (Lipinski definition) is 4. The SMILES string of the molecule is Cc1ccc(NC(=O)CNS(=O)(=O)c2cnn(C)c2)c(Cl)c1. The Bertz CT molecular complexity index is 801. The van der Waals surface area contributed by atoms with Gasteiger partial charge in [0.25, 0.3) is 0 Å². The van der Waals surface area contributed by atoms with Crippen LogP contribution in [0.3, 0.4) is 0 Å². The van der Waals surface area contributed by atoms with Crippen LogP contribution in [0.1, 0.15) is 5.56 Å². The Morgan fingerprint density at radius 1 is 1.41 bits per heavy atom. The van der Waals surface area contributed by atoms with E-state index in [9.17, 15) is 13.2 Å². The standard InChI is InChI=1S/C13H15ClN4O3S/c1-9-3-4-12(11(14)5-9)17-13(19)7-16-22(20,21)10-6-15-18(2)8-10/h3-6,8,16H,7H2,1-2H3,(H,17,19). The molecular formula is C13H15ClN4O3S. The molecule has 0 saturated carbocycles. The third-order valence-corrected chi connectivity index (χ3v) is 4.48. The second-order valence-corrected chi connectivity index (χ2v) is 6.88. The van der Waals surface area contributed by atoms with Crippen molar-refractivity contribution < 1.29 is 13.2 Å². The predicted molar refractivity (Wildman–Crippen MR) is 83.2 cm³/mol. The summed E-state index contributed by atoms with van der Waals surface area (Å²) in [5, 5.41) is 6.72. The number of rotatable bonds is 5. The lowest BCUT2D eigenvalue weighted by Crippen LogP contribution is -2.32. The summed E-state index contributed by atoms with van der Waals surface area (Å²) in [5.74, 6) is -0.516. The minimum Gasteiger partial charge on any atom is -0.324 e. The molecule has 118 valence electrons. The van der Waals surface area contributed by atoms with Gasteiger partial charge in [-0.05, 0) is 24.6 Å². The van der Waals surface area contributed by atoms with Crippen LogP contribution in [0, 0.1) is 6.92 Å². The van der Waals surface area contributed by atoms with E-state index in [1.807, 2.05) is 6.92 Å². The molecule has 2 rings (SSSR count). The molecule has 0 fully saturated rings. The lowest BCUT2D eigenvalue weighted by Gasteiger charge is -2.08. The van der Waals surface area contributed by atoms with Gasteiger partial charge in [0.1, 0.15) is 4.90 Å². The zero-order chi connectivity index (χ0) is 16.3. The van der Waals surface area contributed by atoms with Gasteiger partial charge in [0.05, 0.1) is 23.5 Å². The Morgan fingerprint density at radius 3 is 2.73 bits per heavy atom. The fraction of sp³-hybridized carbons (Fsp3) is 0.231. The van der Waals surface area contributed by atoms with E-state index in [1.165, 1.54) is 17.1 Å². The van der Waals surface area contributed by atoms with Crippen molar-refractivity contribution in [3.8, 4) is 0 Å². The third kappa shape index (κ3) is 4.06. The quantitative estimate of drug-likeness (QED) is 0.856. The van der Waals surface area contributed by atoms with Crippen molar-refractivity contribution in [1.29, 1.82) is 0 Å². The van der Waals surface area contributed by atoms with Crippen molar-refractivity contribution in [1.82, 2.24) is 14.5 Å². The molecule has 0 spiro atoms. The summed E-state index contributed by atoms with van der Waals surface area (Å²) in [6, 6.07) is 5.16. The molecular weight excluding hydrogens is 328 g/mol. The maximum absolute atomic E-state index is 11.9. The molecule has 22 heavy (non-hydrogen) atoms. The molecule has 0 bridgehead atoms. The second kappa shape index (κ2) is 6.47. The highest BCUT2D eigenvalue weighted by Gasteiger charge is 2.17. The number of amides is 1. The van der Waals surface area contributed by atoms with Gasteiger partial charge in [0.2, 0.25) is 15.9 Å². The number of nitrogens with one attached hydrogen (secondary N) is 2. The summed E-state index contributed by atoms with van der Waals surface area (Å²) >= 11 is 6.00. The Morgan fingerprint density at radius 2 is 2.14 bits per heavy atom. The molecule has 1 aromatic carbocycles. The van der Waals surface area contributed by atoms with Gasteiger partial charge in [-0.25, -0.2) is 13.1 Å². The molecule has 0 aliphatic heterocycles. The summed E-state index contributed by atoms with van der Waals surface area (Å²) in [7, 11) is -2.17. The van der Waals surface area contributed by atoms with E-state index in [0.717, 1.165) is 5.56 Å². The number of halogens is 1. The number of carbonyl (C=O) groups excluding carboxylic acids is 1. The predicted octanol–water partition coefficient (Wildman–Crippen LogP) is 1.30. The van der Waals surface area contributed by atoms with Gasteiger partial charge in [-0.1, -0.05) is 17.7 Å². The maximum Gasteiger partial charge on any atom is 0.244 e. The monoisotopic (exact) mass is 342 g/mol. The molecule has 9 heteroatoms. The highest BCUT2D eigenvalue weighted by molar-refractivity contribution is 7.89. The van der Waals surface area contributed by atoms with Crippen LogP contribution in [0.5, 0.6) is 0 Å². The van der Waals surface area contributed by atoms with Gasteiger partial charge < -0.3 is 5.32 Å². The van der Waals surface area contributed by atoms with Crippen LogP contribution in [0.4, 0.5) is 5.69 Å². The number of benzene rings is 1. The number of aromatic nitrogens is 2. The fourth-order valence-corrected chi connectivity index (χ4v) is 2.94. The minimum absolute atomic E-state index is 0.00355. The lowest BCUT2D eigenvalue weighted by molar-refractivity contribution is -0.115. The number of sulfonamides is 1. The van der Waals surface area contributed by atoms with E-state index in [1.54, 1.807) is 25.2 Å².